The Morgan fingerprint density at radius 1 is 1.17 bits per heavy atom. The molecule has 4 aromatic rings. The number of fused-ring (bicyclic) bond motifs is 1. The summed E-state index contributed by atoms with van der Waals surface area (Å²) < 4.78 is 46.6. The van der Waals surface area contributed by atoms with Crippen LogP contribution in [0.2, 0.25) is 0 Å². The lowest BCUT2D eigenvalue weighted by Crippen LogP contribution is -2.45. The van der Waals surface area contributed by atoms with Gasteiger partial charge in [-0.3, -0.25) is 9.78 Å². The molecule has 10 heteroatoms. The van der Waals surface area contributed by atoms with Crippen molar-refractivity contribution >= 4 is 26.9 Å². The minimum Gasteiger partial charge on any atom is -0.443 e. The minimum atomic E-state index is -4.09. The summed E-state index contributed by atoms with van der Waals surface area (Å²) in [5.74, 6) is -0.904. The van der Waals surface area contributed by atoms with Crippen LogP contribution in [-0.4, -0.2) is 36.2 Å². The zero-order chi connectivity index (χ0) is 25.3. The van der Waals surface area contributed by atoms with Crippen molar-refractivity contribution in [2.45, 2.75) is 30.5 Å². The lowest BCUT2D eigenvalue weighted by atomic mass is 10.1. The first kappa shape index (κ1) is 23.7. The Morgan fingerprint density at radius 3 is 2.75 bits per heavy atom. The van der Waals surface area contributed by atoms with Gasteiger partial charge >= 0.3 is 0 Å². The Hall–Kier alpha value is -4.07. The average Bonchev–Trinajstić information content (AvgIpc) is 3.56. The third-order valence-corrected chi connectivity index (χ3v) is 7.89. The van der Waals surface area contributed by atoms with Crippen LogP contribution < -0.4 is 5.32 Å². The molecule has 36 heavy (non-hydrogen) atoms. The van der Waals surface area contributed by atoms with Crippen molar-refractivity contribution in [3.8, 4) is 17.3 Å². The van der Waals surface area contributed by atoms with Crippen molar-refractivity contribution in [3.63, 3.8) is 0 Å². The summed E-state index contributed by atoms with van der Waals surface area (Å²) in [6.07, 6.45) is 2.54. The van der Waals surface area contributed by atoms with Crippen LogP contribution in [0, 0.1) is 17.1 Å². The van der Waals surface area contributed by atoms with Crippen LogP contribution in [0.1, 0.15) is 24.0 Å². The Morgan fingerprint density at radius 2 is 1.97 bits per heavy atom. The van der Waals surface area contributed by atoms with Crippen molar-refractivity contribution in [2.24, 2.45) is 0 Å². The number of furan rings is 1. The van der Waals surface area contributed by atoms with Gasteiger partial charge in [-0.25, -0.2) is 12.8 Å². The van der Waals surface area contributed by atoms with Gasteiger partial charge in [-0.2, -0.15) is 9.57 Å². The highest BCUT2D eigenvalue weighted by atomic mass is 32.2. The van der Waals surface area contributed by atoms with E-state index in [0.717, 1.165) is 15.4 Å². The van der Waals surface area contributed by atoms with Gasteiger partial charge in [0.15, 0.2) is 0 Å². The highest BCUT2D eigenvalue weighted by molar-refractivity contribution is 7.89. The minimum absolute atomic E-state index is 0.184. The second-order valence-corrected chi connectivity index (χ2v) is 10.3. The third-order valence-electron chi connectivity index (χ3n) is 6.13. The van der Waals surface area contributed by atoms with Crippen molar-refractivity contribution in [1.29, 1.82) is 5.26 Å². The van der Waals surface area contributed by atoms with E-state index in [2.05, 4.69) is 16.4 Å². The number of nitrogens with zero attached hydrogens (tertiary/aromatic N) is 3. The van der Waals surface area contributed by atoms with Gasteiger partial charge < -0.3 is 9.73 Å². The van der Waals surface area contributed by atoms with E-state index in [-0.39, 0.29) is 23.8 Å². The fourth-order valence-corrected chi connectivity index (χ4v) is 5.89. The van der Waals surface area contributed by atoms with E-state index in [9.17, 15) is 17.6 Å². The first-order chi connectivity index (χ1) is 17.3. The third kappa shape index (κ3) is 4.58. The molecule has 1 N–H and O–H groups in total. The fraction of sp³-hybridized carbons (Fsp3) is 0.192. The number of carbonyl (C=O) groups excluding carboxylic acids is 1. The maximum Gasteiger partial charge on any atom is 0.277 e. The maximum absolute atomic E-state index is 13.5. The molecule has 1 saturated heterocycles. The summed E-state index contributed by atoms with van der Waals surface area (Å²) in [4.78, 5) is 17.4. The Bertz CT molecular complexity index is 1590. The van der Waals surface area contributed by atoms with Gasteiger partial charge in [-0.05, 0) is 60.9 Å². The molecule has 8 nitrogen and oxygen atoms in total. The van der Waals surface area contributed by atoms with Gasteiger partial charge in [0, 0.05) is 36.3 Å². The number of nitriles is 1. The van der Waals surface area contributed by atoms with Crippen molar-refractivity contribution < 1.29 is 22.0 Å². The summed E-state index contributed by atoms with van der Waals surface area (Å²) in [6.45, 7) is 0.378. The molecular weight excluding hydrogens is 483 g/mol. The lowest BCUT2D eigenvalue weighted by molar-refractivity contribution is -0.124. The number of carbonyl (C=O) groups is 1. The van der Waals surface area contributed by atoms with E-state index in [0.29, 0.717) is 29.5 Å². The standard InChI is InChI=1S/C26H21FN4O4S/c27-21-7-8-24-20(13-21)14-25(35-24)36(33,34)31-11-1-2-23(31)26(32)30-16-18-9-10-29-22(12-18)19-5-3-17(15-28)4-6-19/h3-10,12-14,23H,1-2,11,16H2,(H,30,32). The highest BCUT2D eigenvalue weighted by Gasteiger charge is 2.41. The number of benzene rings is 2. The second-order valence-electron chi connectivity index (χ2n) is 8.48. The molecule has 5 rings (SSSR count). The van der Waals surface area contributed by atoms with E-state index < -0.39 is 27.8 Å². The van der Waals surface area contributed by atoms with Gasteiger partial charge in [0.05, 0.1) is 17.3 Å². The van der Waals surface area contributed by atoms with Crippen LogP contribution in [0.4, 0.5) is 4.39 Å². The van der Waals surface area contributed by atoms with Crippen LogP contribution >= 0.6 is 0 Å². The predicted octanol–water partition coefficient (Wildman–Crippen LogP) is 3.98. The van der Waals surface area contributed by atoms with Gasteiger partial charge in [0.1, 0.15) is 17.4 Å². The predicted molar refractivity (Wildman–Crippen MR) is 129 cm³/mol. The SMILES string of the molecule is N#Cc1ccc(-c2cc(CNC(=O)C3CCCN3S(=O)(=O)c3cc4cc(F)ccc4o3)ccn2)cc1. The van der Waals surface area contributed by atoms with E-state index in [1.165, 1.54) is 24.3 Å². The van der Waals surface area contributed by atoms with E-state index in [1.807, 2.05) is 6.07 Å². The molecule has 0 bridgehead atoms. The zero-order valence-electron chi connectivity index (χ0n) is 19.0. The molecule has 1 atom stereocenters. The van der Waals surface area contributed by atoms with Gasteiger partial charge in [0.2, 0.25) is 11.0 Å². The molecule has 1 amide bonds. The smallest absolute Gasteiger partial charge is 0.277 e. The fourth-order valence-electron chi connectivity index (χ4n) is 4.29. The number of amides is 1. The molecule has 1 unspecified atom stereocenters. The van der Waals surface area contributed by atoms with Crippen LogP contribution in [0.15, 0.2) is 76.4 Å². The maximum atomic E-state index is 13.5. The number of pyridine rings is 1. The molecule has 3 heterocycles. The van der Waals surface area contributed by atoms with Crippen molar-refractivity contribution in [1.82, 2.24) is 14.6 Å². The summed E-state index contributed by atoms with van der Waals surface area (Å²) in [5.41, 5.74) is 3.13. The quantitative estimate of drug-likeness (QED) is 0.425. The number of hydrogen-bond acceptors (Lipinski definition) is 6. The molecule has 1 fully saturated rings. The Balaban J connectivity index is 1.30. The molecule has 0 aliphatic carbocycles. The molecule has 0 spiro atoms. The van der Waals surface area contributed by atoms with Crippen LogP contribution in [0.5, 0.6) is 0 Å². The van der Waals surface area contributed by atoms with E-state index >= 15 is 0 Å². The Kier molecular flexibility index (Phi) is 6.26. The van der Waals surface area contributed by atoms with E-state index in [1.54, 1.807) is 36.5 Å². The molecule has 2 aromatic carbocycles. The summed E-state index contributed by atoms with van der Waals surface area (Å²) >= 11 is 0. The van der Waals surface area contributed by atoms with Crippen LogP contribution in [0.25, 0.3) is 22.2 Å². The molecule has 182 valence electrons. The zero-order valence-corrected chi connectivity index (χ0v) is 19.8. The monoisotopic (exact) mass is 504 g/mol. The number of halogens is 1. The van der Waals surface area contributed by atoms with Crippen LogP contribution in [-0.2, 0) is 21.4 Å². The highest BCUT2D eigenvalue weighted by Crippen LogP contribution is 2.30. The van der Waals surface area contributed by atoms with E-state index in [4.69, 9.17) is 9.68 Å². The molecule has 0 saturated carbocycles. The van der Waals surface area contributed by atoms with Crippen molar-refractivity contribution in [2.75, 3.05) is 6.54 Å². The first-order valence-electron chi connectivity index (χ1n) is 11.3. The summed E-state index contributed by atoms with van der Waals surface area (Å²) in [5, 5.41) is 11.8. The topological polar surface area (TPSA) is 116 Å². The van der Waals surface area contributed by atoms with Gasteiger partial charge in [-0.15, -0.1) is 0 Å². The molecule has 2 aromatic heterocycles. The normalized spacial score (nSPS) is 16.2. The van der Waals surface area contributed by atoms with Crippen molar-refractivity contribution in [3.05, 3.63) is 83.8 Å². The number of hydrogen-bond donors (Lipinski definition) is 1. The number of sulfonamides is 1. The van der Waals surface area contributed by atoms with Gasteiger partial charge in [-0.1, -0.05) is 12.1 Å². The summed E-state index contributed by atoms with van der Waals surface area (Å²) in [7, 11) is -4.09. The second kappa shape index (κ2) is 9.53. The molecule has 0 radical (unpaired) electrons. The lowest BCUT2D eigenvalue weighted by Gasteiger charge is -2.22. The largest absolute Gasteiger partial charge is 0.443 e. The van der Waals surface area contributed by atoms with Gasteiger partial charge in [0.25, 0.3) is 10.0 Å². The molecule has 1 aliphatic heterocycles. The Labute approximate surface area is 207 Å². The summed E-state index contributed by atoms with van der Waals surface area (Å²) in [6, 6.07) is 16.9. The number of aromatic nitrogens is 1. The number of nitrogens with one attached hydrogen (secondary N) is 1. The number of rotatable bonds is 6. The first-order valence-corrected chi connectivity index (χ1v) is 12.7. The van der Waals surface area contributed by atoms with Crippen LogP contribution in [0.3, 0.4) is 0 Å². The average molecular weight is 505 g/mol. The molecule has 1 aliphatic rings. The molecular formula is C26H21FN4O4S.